The lowest BCUT2D eigenvalue weighted by molar-refractivity contribution is -0.146. The number of benzene rings is 1. The summed E-state index contributed by atoms with van der Waals surface area (Å²) < 4.78 is 0. The molecule has 19 heteroatoms. The monoisotopic (exact) mass is 1030 g/mol. The van der Waals surface area contributed by atoms with Crippen molar-refractivity contribution in [1.29, 1.82) is 0 Å². The zero-order valence-corrected chi connectivity index (χ0v) is 44.0. The molecule has 2 saturated heterocycles. The fourth-order valence-electron chi connectivity index (χ4n) is 13.1. The summed E-state index contributed by atoms with van der Waals surface area (Å²) in [7, 11) is 0. The Balaban J connectivity index is 0.850. The Morgan fingerprint density at radius 2 is 1.57 bits per heavy atom. The standard InChI is InChI=1S/C56H75N9O10/c1-6-11-39(46(67)52(72)59-34-18-19-34)60-51(71)45-36-15-10-14-33(36)28-64(45)55(75)47(56(3,4)5)63-50(70)44(30-12-8-7-9-13-30)62-48(68)41-27-57-40(26-58-41)32-17-20-35(29(2)24-32)31-16-21-37-38(25-31)54(74)65(53(37)73)42-22-23-43(66)61-49(42)69/h16,21,25-27,29-30,32-36,39,42,44-47,67H,6-15,17-20,22-24,28H2,1-5H3,(H,59,72)(H,60,71)(H,62,68)(H,63,70)(H,61,66,69)/t29?,32?,33-,35?,36-,39+,42?,44-,45-,46?,47+/m0/s1. The lowest BCUT2D eigenvalue weighted by atomic mass is 9.71. The lowest BCUT2D eigenvalue weighted by Gasteiger charge is -2.38. The van der Waals surface area contributed by atoms with Crippen molar-refractivity contribution < 1.29 is 48.3 Å². The van der Waals surface area contributed by atoms with Crippen molar-refractivity contribution in [3.63, 3.8) is 0 Å². The molecule has 6 N–H and O–H groups in total. The molecule has 4 saturated carbocycles. The fourth-order valence-corrected chi connectivity index (χ4v) is 13.1. The molecule has 19 nitrogen and oxygen atoms in total. The highest BCUT2D eigenvalue weighted by Gasteiger charge is 2.53. The van der Waals surface area contributed by atoms with Crippen LogP contribution in [0.1, 0.15) is 198 Å². The van der Waals surface area contributed by atoms with Crippen LogP contribution in [0.15, 0.2) is 30.6 Å². The minimum absolute atomic E-state index is 0.0396. The highest BCUT2D eigenvalue weighted by atomic mass is 16.3. The van der Waals surface area contributed by atoms with Crippen LogP contribution in [0.3, 0.4) is 0 Å². The third-order valence-corrected chi connectivity index (χ3v) is 17.4. The zero-order valence-electron chi connectivity index (χ0n) is 44.0. The van der Waals surface area contributed by atoms with Gasteiger partial charge in [0.25, 0.3) is 23.6 Å². The molecule has 2 aromatic rings. The Labute approximate surface area is 438 Å². The first-order chi connectivity index (χ1) is 35.8. The molecule has 7 aliphatic rings. The minimum atomic E-state index is -1.44. The number of nitrogens with zero attached hydrogens (tertiary/aromatic N) is 4. The maximum absolute atomic E-state index is 15.0. The second-order valence-electron chi connectivity index (χ2n) is 23.8. The second kappa shape index (κ2) is 22.2. The molecular weight excluding hydrogens is 959 g/mol. The summed E-state index contributed by atoms with van der Waals surface area (Å²) in [6.45, 7) is 10.00. The van der Waals surface area contributed by atoms with E-state index in [4.69, 9.17) is 4.98 Å². The molecule has 1 aromatic heterocycles. The number of fused-ring (bicyclic) bond motifs is 2. The van der Waals surface area contributed by atoms with E-state index in [0.717, 1.165) is 86.8 Å². The van der Waals surface area contributed by atoms with Crippen molar-refractivity contribution in [2.24, 2.45) is 29.1 Å². The second-order valence-corrected chi connectivity index (χ2v) is 23.8. The number of rotatable bonds is 16. The van der Waals surface area contributed by atoms with E-state index in [9.17, 15) is 48.3 Å². The minimum Gasteiger partial charge on any atom is -0.381 e. The van der Waals surface area contributed by atoms with Crippen molar-refractivity contribution in [2.45, 2.75) is 198 Å². The number of aromatic nitrogens is 2. The number of nitrogens with one attached hydrogen (secondary N) is 5. The number of aliphatic hydroxyl groups is 1. The molecule has 4 heterocycles. The number of carbonyl (C=O) groups excluding carboxylic acids is 9. The highest BCUT2D eigenvalue weighted by molar-refractivity contribution is 6.23. The van der Waals surface area contributed by atoms with Crippen molar-refractivity contribution in [1.82, 2.24) is 46.4 Å². The van der Waals surface area contributed by atoms with Crippen LogP contribution in [0.4, 0.5) is 0 Å². The fraction of sp³-hybridized carbons (Fsp3) is 0.661. The van der Waals surface area contributed by atoms with Crippen LogP contribution in [0.2, 0.25) is 0 Å². The molecular formula is C56H75N9O10. The quantitative estimate of drug-likeness (QED) is 0.128. The van der Waals surface area contributed by atoms with Gasteiger partial charge in [-0.05, 0) is 123 Å². The third kappa shape index (κ3) is 11.4. The predicted octanol–water partition coefficient (Wildman–Crippen LogP) is 4.33. The van der Waals surface area contributed by atoms with Gasteiger partial charge in [0, 0.05) is 31.1 Å². The first kappa shape index (κ1) is 53.7. The van der Waals surface area contributed by atoms with Gasteiger partial charge < -0.3 is 31.3 Å². The van der Waals surface area contributed by atoms with E-state index in [1.165, 1.54) is 6.20 Å². The maximum atomic E-state index is 15.0. The molecule has 0 radical (unpaired) electrons. The Morgan fingerprint density at radius 3 is 2.24 bits per heavy atom. The SMILES string of the molecule is CCC[C@@H](NC(=O)[C@@H]1[C@H]2CCC[C@H]2CN1C(=O)[C@@H](NC(=O)[C@@H](NC(=O)c1cnc(C2CCC(c3ccc4c(c3)C(=O)N(C3CCC(=O)NC3=O)C4=O)C(C)C2)cn1)C1CCCCC1)C(C)(C)C)C(O)C(=O)NC1CC1. The number of piperidine rings is 1. The Morgan fingerprint density at radius 1 is 0.827 bits per heavy atom. The van der Waals surface area contributed by atoms with Gasteiger partial charge in [-0.2, -0.15) is 0 Å². The van der Waals surface area contributed by atoms with Gasteiger partial charge >= 0.3 is 0 Å². The van der Waals surface area contributed by atoms with Gasteiger partial charge in [-0.3, -0.25) is 58.4 Å². The van der Waals surface area contributed by atoms with Crippen LogP contribution in [0.5, 0.6) is 0 Å². The van der Waals surface area contributed by atoms with Crippen molar-refractivity contribution in [2.75, 3.05) is 6.54 Å². The van der Waals surface area contributed by atoms with E-state index in [2.05, 4.69) is 38.5 Å². The Kier molecular flexibility index (Phi) is 15.9. The molecule has 4 aliphatic carbocycles. The third-order valence-electron chi connectivity index (χ3n) is 17.4. The van der Waals surface area contributed by atoms with Gasteiger partial charge in [-0.15, -0.1) is 0 Å². The first-order valence-electron chi connectivity index (χ1n) is 27.7. The molecule has 3 aliphatic heterocycles. The highest BCUT2D eigenvalue weighted by Crippen LogP contribution is 2.46. The molecule has 5 unspecified atom stereocenters. The molecule has 0 spiro atoms. The van der Waals surface area contributed by atoms with Gasteiger partial charge in [0.2, 0.25) is 29.5 Å². The summed E-state index contributed by atoms with van der Waals surface area (Å²) in [5, 5.41) is 25.2. The molecule has 9 rings (SSSR count). The van der Waals surface area contributed by atoms with Gasteiger partial charge in [-0.25, -0.2) is 4.98 Å². The largest absolute Gasteiger partial charge is 0.381 e. The van der Waals surface area contributed by atoms with Crippen LogP contribution in [0.25, 0.3) is 0 Å². The van der Waals surface area contributed by atoms with E-state index in [0.29, 0.717) is 32.2 Å². The van der Waals surface area contributed by atoms with Crippen LogP contribution in [-0.2, 0) is 28.8 Å². The summed E-state index contributed by atoms with van der Waals surface area (Å²) in [6.07, 6.45) is 13.5. The van der Waals surface area contributed by atoms with Gasteiger partial charge in [0.1, 0.15) is 29.9 Å². The zero-order chi connectivity index (χ0) is 53.5. The first-order valence-corrected chi connectivity index (χ1v) is 27.7. The average Bonchev–Trinajstić information content (AvgIpc) is 3.87. The number of likely N-dealkylation sites (tertiary alicyclic amines) is 1. The number of carbonyl (C=O) groups is 9. The lowest BCUT2D eigenvalue weighted by Crippen LogP contribution is -2.62. The van der Waals surface area contributed by atoms with Crippen molar-refractivity contribution >= 4 is 53.2 Å². The molecule has 1 aromatic carbocycles. The average molecular weight is 1030 g/mol. The van der Waals surface area contributed by atoms with Gasteiger partial charge in [0.05, 0.1) is 29.1 Å². The van der Waals surface area contributed by atoms with Crippen molar-refractivity contribution in [3.8, 4) is 0 Å². The topological polar surface area (TPSA) is 266 Å². The van der Waals surface area contributed by atoms with E-state index in [-0.39, 0.29) is 77.1 Å². The number of aliphatic hydroxyl groups excluding tert-OH is 1. The summed E-state index contributed by atoms with van der Waals surface area (Å²) >= 11 is 0. The molecule has 404 valence electrons. The van der Waals surface area contributed by atoms with E-state index < -0.39 is 89.0 Å². The summed E-state index contributed by atoms with van der Waals surface area (Å²) in [5.41, 5.74) is 1.41. The van der Waals surface area contributed by atoms with Gasteiger partial charge in [-0.1, -0.05) is 72.8 Å². The molecule has 0 bridgehead atoms. The number of imide groups is 2. The molecule has 9 amide bonds. The molecule has 75 heavy (non-hydrogen) atoms. The number of hydrogen-bond acceptors (Lipinski definition) is 12. The Hall–Kier alpha value is -6.11. The summed E-state index contributed by atoms with van der Waals surface area (Å²) in [5.74, 6) is -4.45. The smallest absolute Gasteiger partial charge is 0.272 e. The van der Waals surface area contributed by atoms with Crippen LogP contribution in [-0.4, -0.2) is 127 Å². The van der Waals surface area contributed by atoms with Crippen LogP contribution >= 0.6 is 0 Å². The van der Waals surface area contributed by atoms with Gasteiger partial charge in [0.15, 0.2) is 6.10 Å². The predicted molar refractivity (Wildman–Crippen MR) is 273 cm³/mol. The number of hydrogen-bond donors (Lipinski definition) is 6. The summed E-state index contributed by atoms with van der Waals surface area (Å²) in [6, 6.07) is 0.603. The van der Waals surface area contributed by atoms with E-state index in [1.54, 1.807) is 23.2 Å². The van der Waals surface area contributed by atoms with Crippen molar-refractivity contribution in [3.05, 3.63) is 58.7 Å². The molecule has 6 fully saturated rings. The normalized spacial score (nSPS) is 27.6. The Bertz CT molecular complexity index is 2570. The van der Waals surface area contributed by atoms with Crippen LogP contribution < -0.4 is 26.6 Å². The van der Waals surface area contributed by atoms with E-state index in [1.807, 2.05) is 33.8 Å². The van der Waals surface area contributed by atoms with Crippen LogP contribution in [0, 0.1) is 29.1 Å². The maximum Gasteiger partial charge on any atom is 0.272 e. The number of amides is 9. The van der Waals surface area contributed by atoms with E-state index >= 15 is 0 Å². The molecule has 11 atom stereocenters. The summed E-state index contributed by atoms with van der Waals surface area (Å²) in [4.78, 5) is 134.